The fourth-order valence-electron chi connectivity index (χ4n) is 10.0. The summed E-state index contributed by atoms with van der Waals surface area (Å²) < 4.78 is 7.00. The van der Waals surface area contributed by atoms with Crippen LogP contribution in [-0.2, 0) is 0 Å². The lowest BCUT2D eigenvalue weighted by Crippen LogP contribution is -2.04. The van der Waals surface area contributed by atoms with Crippen LogP contribution in [0.2, 0.25) is 0 Å². The highest BCUT2D eigenvalue weighted by Gasteiger charge is 2.24. The number of hydrogen-bond donors (Lipinski definition) is 0. The molecule has 0 N–H and O–H groups in total. The van der Waals surface area contributed by atoms with Crippen molar-refractivity contribution >= 4 is 75.3 Å². The van der Waals surface area contributed by atoms with Crippen molar-refractivity contribution < 1.29 is 0 Å². The van der Waals surface area contributed by atoms with Crippen molar-refractivity contribution in [2.45, 2.75) is 0 Å². The number of fused-ring (bicyclic) bond motifs is 9. The van der Waals surface area contributed by atoms with Crippen LogP contribution in [0.5, 0.6) is 0 Å². The van der Waals surface area contributed by atoms with Gasteiger partial charge in [-0.3, -0.25) is 0 Å². The second-order valence-corrected chi connectivity index (χ2v) is 18.3. The highest BCUT2D eigenvalue weighted by molar-refractivity contribution is 7.26. The molecule has 0 unspecified atom stereocenters. The zero-order valence-electron chi connectivity index (χ0n) is 36.9. The lowest BCUT2D eigenvalue weighted by Gasteiger charge is -2.16. The Morgan fingerprint density at radius 1 is 0.319 bits per heavy atom. The maximum atomic E-state index is 5.42. The highest BCUT2D eigenvalue weighted by Crippen LogP contribution is 2.44. The third-order valence-corrected chi connectivity index (χ3v) is 14.4. The number of rotatable bonds is 7. The second kappa shape index (κ2) is 15.8. The van der Waals surface area contributed by atoms with Gasteiger partial charge in [-0.05, 0) is 60.7 Å². The van der Waals surface area contributed by atoms with E-state index in [9.17, 15) is 0 Å². The SMILES string of the molecule is c1ccc(-c2nc(-c3ccccc3)nc(-c3cc(-c4nc(-c5ccccc5)c5sc6ccccc6c5n4)ccc3-n3c4ccccc4c4cc5c(cc43)c3ccccc3n5-c3ccccc3)n2)cc1. The van der Waals surface area contributed by atoms with E-state index in [1.54, 1.807) is 11.3 Å². The summed E-state index contributed by atoms with van der Waals surface area (Å²) in [6, 6.07) is 78.5. The molecule has 8 heteroatoms. The van der Waals surface area contributed by atoms with Crippen LogP contribution in [0, 0.1) is 0 Å². The van der Waals surface area contributed by atoms with Crippen molar-refractivity contribution in [3.8, 4) is 68.2 Å². The molecule has 0 saturated carbocycles. The molecule has 5 heterocycles. The monoisotopic (exact) mass is 899 g/mol. The molecule has 0 aliphatic rings. The maximum Gasteiger partial charge on any atom is 0.166 e. The minimum absolute atomic E-state index is 0.539. The van der Waals surface area contributed by atoms with Crippen molar-refractivity contribution in [2.24, 2.45) is 0 Å². The quantitative estimate of drug-likeness (QED) is 0.159. The molecule has 0 aliphatic heterocycles. The summed E-state index contributed by atoms with van der Waals surface area (Å²) in [7, 11) is 0. The van der Waals surface area contributed by atoms with Crippen LogP contribution in [0.4, 0.5) is 0 Å². The Morgan fingerprint density at radius 3 is 1.45 bits per heavy atom. The van der Waals surface area contributed by atoms with Crippen molar-refractivity contribution in [3.05, 3.63) is 224 Å². The first-order valence-corrected chi connectivity index (χ1v) is 23.8. The molecule has 0 radical (unpaired) electrons. The summed E-state index contributed by atoms with van der Waals surface area (Å²) in [6.45, 7) is 0. The summed E-state index contributed by atoms with van der Waals surface area (Å²) in [5.74, 6) is 2.33. The molecule has 5 aromatic heterocycles. The van der Waals surface area contributed by atoms with E-state index in [-0.39, 0.29) is 0 Å². The van der Waals surface area contributed by atoms with Gasteiger partial charge in [0.15, 0.2) is 23.3 Å². The van der Waals surface area contributed by atoms with Crippen molar-refractivity contribution in [3.63, 3.8) is 0 Å². The number of para-hydroxylation sites is 3. The molecule has 0 bridgehead atoms. The third-order valence-electron chi connectivity index (χ3n) is 13.2. The standard InChI is InChI=1S/C61H37N7S/c1-5-19-38(20-6-1)55-57-56(45-29-15-18-32-54(45)69-57)63-60(62-55)41-33-34-51(48(35-41)61-65-58(39-21-7-2-8-22-39)64-59(66-61)40-23-9-3-10-24-40)68-50-31-17-14-28-44(50)47-36-52-46(37-53(47)68)43-27-13-16-30-49(43)67(52)42-25-11-4-12-26-42/h1-37H. The van der Waals surface area contributed by atoms with Gasteiger partial charge in [-0.2, -0.15) is 0 Å². The van der Waals surface area contributed by atoms with E-state index in [1.165, 1.54) is 15.5 Å². The number of aromatic nitrogens is 7. The van der Waals surface area contributed by atoms with Crippen LogP contribution in [0.25, 0.3) is 132 Å². The van der Waals surface area contributed by atoms with E-state index < -0.39 is 0 Å². The number of benzene rings is 9. The van der Waals surface area contributed by atoms with Gasteiger partial charge in [-0.25, -0.2) is 24.9 Å². The average Bonchev–Trinajstić information content (AvgIpc) is 4.08. The van der Waals surface area contributed by atoms with Gasteiger partial charge in [-0.1, -0.05) is 164 Å². The van der Waals surface area contributed by atoms with E-state index in [0.717, 1.165) is 93.3 Å². The van der Waals surface area contributed by atoms with Gasteiger partial charge in [0, 0.05) is 65.1 Å². The molecular weight excluding hydrogens is 863 g/mol. The van der Waals surface area contributed by atoms with Gasteiger partial charge >= 0.3 is 0 Å². The lowest BCUT2D eigenvalue weighted by molar-refractivity contribution is 1.06. The molecule has 0 amide bonds. The minimum Gasteiger partial charge on any atom is -0.309 e. The van der Waals surface area contributed by atoms with E-state index in [1.807, 2.05) is 42.5 Å². The van der Waals surface area contributed by atoms with E-state index >= 15 is 0 Å². The largest absolute Gasteiger partial charge is 0.309 e. The molecule has 7 nitrogen and oxygen atoms in total. The molecule has 69 heavy (non-hydrogen) atoms. The van der Waals surface area contributed by atoms with Crippen molar-refractivity contribution in [1.82, 2.24) is 34.1 Å². The summed E-state index contributed by atoms with van der Waals surface area (Å²) in [5, 5.41) is 5.75. The first kappa shape index (κ1) is 39.1. The van der Waals surface area contributed by atoms with Gasteiger partial charge in [0.05, 0.1) is 43.7 Å². The van der Waals surface area contributed by atoms with Gasteiger partial charge in [-0.15, -0.1) is 11.3 Å². The Morgan fingerprint density at radius 2 is 0.812 bits per heavy atom. The summed E-state index contributed by atoms with van der Waals surface area (Å²) >= 11 is 1.73. The van der Waals surface area contributed by atoms with Crippen molar-refractivity contribution in [1.29, 1.82) is 0 Å². The lowest BCUT2D eigenvalue weighted by atomic mass is 10.0. The van der Waals surface area contributed by atoms with Crippen LogP contribution in [-0.4, -0.2) is 34.1 Å². The predicted molar refractivity (Wildman–Crippen MR) is 284 cm³/mol. The normalized spacial score (nSPS) is 11.8. The van der Waals surface area contributed by atoms with E-state index in [2.05, 4.69) is 191 Å². The summed E-state index contributed by atoms with van der Waals surface area (Å²) in [5.41, 5.74) is 12.8. The average molecular weight is 900 g/mol. The molecule has 0 atom stereocenters. The van der Waals surface area contributed by atoms with E-state index in [4.69, 9.17) is 24.9 Å². The van der Waals surface area contributed by atoms with Crippen molar-refractivity contribution in [2.75, 3.05) is 0 Å². The van der Waals surface area contributed by atoms with Gasteiger partial charge in [0.1, 0.15) is 0 Å². The third kappa shape index (κ3) is 6.38. The first-order valence-electron chi connectivity index (χ1n) is 23.0. The number of thiophene rings is 1. The van der Waals surface area contributed by atoms with Gasteiger partial charge in [0.25, 0.3) is 0 Å². The van der Waals surface area contributed by atoms with E-state index in [0.29, 0.717) is 23.3 Å². The fraction of sp³-hybridized carbons (Fsp3) is 0. The Labute approximate surface area is 399 Å². The topological polar surface area (TPSA) is 74.3 Å². The van der Waals surface area contributed by atoms with Crippen LogP contribution in [0.15, 0.2) is 224 Å². The highest BCUT2D eigenvalue weighted by atomic mass is 32.1. The molecule has 0 fully saturated rings. The Kier molecular flexibility index (Phi) is 8.93. The van der Waals surface area contributed by atoms with Gasteiger partial charge < -0.3 is 9.13 Å². The number of hydrogen-bond acceptors (Lipinski definition) is 6. The zero-order valence-corrected chi connectivity index (χ0v) is 37.7. The fourth-order valence-corrected chi connectivity index (χ4v) is 11.2. The Hall–Kier alpha value is -9.11. The molecule has 0 aliphatic carbocycles. The predicted octanol–water partition coefficient (Wildman–Crippen LogP) is 15.6. The Balaban J connectivity index is 1.09. The van der Waals surface area contributed by atoms with Crippen LogP contribution in [0.3, 0.4) is 0 Å². The molecular formula is C61H37N7S. The molecule has 14 aromatic rings. The first-order chi connectivity index (χ1) is 34.2. The molecule has 14 rings (SSSR count). The zero-order chi connectivity index (χ0) is 45.4. The molecule has 0 spiro atoms. The van der Waals surface area contributed by atoms with Crippen LogP contribution < -0.4 is 0 Å². The Bertz CT molecular complexity index is 4240. The molecule has 9 aromatic carbocycles. The van der Waals surface area contributed by atoms with Crippen LogP contribution in [0.1, 0.15) is 0 Å². The minimum atomic E-state index is 0.539. The second-order valence-electron chi connectivity index (χ2n) is 17.2. The molecule has 0 saturated heterocycles. The summed E-state index contributed by atoms with van der Waals surface area (Å²) in [4.78, 5) is 26.7. The summed E-state index contributed by atoms with van der Waals surface area (Å²) in [6.07, 6.45) is 0. The van der Waals surface area contributed by atoms with Gasteiger partial charge in [0.2, 0.25) is 0 Å². The van der Waals surface area contributed by atoms with Crippen LogP contribution >= 0.6 is 11.3 Å². The number of nitrogens with zero attached hydrogens (tertiary/aromatic N) is 7. The maximum absolute atomic E-state index is 5.42. The molecule has 322 valence electrons. The smallest absolute Gasteiger partial charge is 0.166 e.